The van der Waals surface area contributed by atoms with E-state index in [-0.39, 0.29) is 5.54 Å². The lowest BCUT2D eigenvalue weighted by Crippen LogP contribution is -2.41. The fourth-order valence-corrected chi connectivity index (χ4v) is 2.48. The normalized spacial score (nSPS) is 25.2. The lowest BCUT2D eigenvalue weighted by Gasteiger charge is -2.29. The summed E-state index contributed by atoms with van der Waals surface area (Å²) in [7, 11) is 3.25. The van der Waals surface area contributed by atoms with Crippen molar-refractivity contribution in [3.8, 4) is 0 Å². The summed E-state index contributed by atoms with van der Waals surface area (Å²) in [5, 5.41) is 9.19. The largest absolute Gasteiger partial charge is 0.394 e. The third-order valence-corrected chi connectivity index (χ3v) is 3.11. The molecule has 1 N–H and O–H groups in total. The van der Waals surface area contributed by atoms with Crippen LogP contribution >= 0.6 is 0 Å². The van der Waals surface area contributed by atoms with Crippen molar-refractivity contribution in [2.24, 2.45) is 0 Å². The van der Waals surface area contributed by atoms with Crippen molar-refractivity contribution in [3.05, 3.63) is 0 Å². The molecule has 0 unspecified atom stereocenters. The van der Waals surface area contributed by atoms with Crippen LogP contribution in [0.3, 0.4) is 0 Å². The van der Waals surface area contributed by atoms with Crippen molar-refractivity contribution in [1.29, 1.82) is 0 Å². The van der Waals surface area contributed by atoms with Crippen LogP contribution in [0.1, 0.15) is 25.7 Å². The van der Waals surface area contributed by atoms with Crippen LogP contribution in [0.2, 0.25) is 0 Å². The van der Waals surface area contributed by atoms with E-state index < -0.39 is 0 Å². The van der Waals surface area contributed by atoms with E-state index in [2.05, 4.69) is 9.64 Å². The molecule has 2 rings (SSSR count). The van der Waals surface area contributed by atoms with E-state index in [9.17, 15) is 5.11 Å². The van der Waals surface area contributed by atoms with Crippen molar-refractivity contribution in [1.82, 2.24) is 4.90 Å². The molecule has 2 heterocycles. The Morgan fingerprint density at radius 1 is 1.23 bits per heavy atom. The number of hydrogen-bond acceptors (Lipinski definition) is 3. The van der Waals surface area contributed by atoms with Gasteiger partial charge in [0.1, 0.15) is 0 Å². The van der Waals surface area contributed by atoms with E-state index in [1.54, 1.807) is 14.2 Å². The highest BCUT2D eigenvalue weighted by molar-refractivity contribution is 4.99. The van der Waals surface area contributed by atoms with Gasteiger partial charge in [0, 0.05) is 19.8 Å². The third kappa shape index (κ3) is 2.22. The quantitative estimate of drug-likeness (QED) is 0.661. The summed E-state index contributed by atoms with van der Waals surface area (Å²) in [6, 6.07) is 0. The van der Waals surface area contributed by atoms with Crippen molar-refractivity contribution < 1.29 is 9.84 Å². The summed E-state index contributed by atoms with van der Waals surface area (Å²) in [6.45, 7) is 2.83. The van der Waals surface area contributed by atoms with E-state index in [4.69, 9.17) is 0 Å². The monoisotopic (exact) mass is 187 g/mol. The summed E-state index contributed by atoms with van der Waals surface area (Å²) in [4.78, 5) is 2.47. The van der Waals surface area contributed by atoms with Crippen molar-refractivity contribution in [3.63, 3.8) is 0 Å². The minimum absolute atomic E-state index is 0.236. The van der Waals surface area contributed by atoms with E-state index in [0.29, 0.717) is 6.61 Å². The first-order valence-corrected chi connectivity index (χ1v) is 5.05. The number of aliphatic hydroxyl groups excluding tert-OH is 1. The molecule has 0 amide bonds. The first kappa shape index (κ1) is 11.0. The van der Waals surface area contributed by atoms with Crippen LogP contribution < -0.4 is 0 Å². The van der Waals surface area contributed by atoms with E-state index >= 15 is 0 Å². The second-order valence-electron chi connectivity index (χ2n) is 3.98. The van der Waals surface area contributed by atoms with Crippen LogP contribution in [0.4, 0.5) is 0 Å². The second-order valence-corrected chi connectivity index (χ2v) is 3.98. The van der Waals surface area contributed by atoms with Gasteiger partial charge in [-0.1, -0.05) is 0 Å². The molecule has 2 aliphatic heterocycles. The molecule has 0 aromatic rings. The number of methoxy groups -OCH3 is 1. The molecule has 0 bridgehead atoms. The predicted molar refractivity (Wildman–Crippen MR) is 52.8 cm³/mol. The third-order valence-electron chi connectivity index (χ3n) is 3.11. The Balaban J connectivity index is 0.000000251. The number of aliphatic hydroxyl groups is 1. The summed E-state index contributed by atoms with van der Waals surface area (Å²) in [5.41, 5.74) is 0.236. The minimum atomic E-state index is 0.236. The van der Waals surface area contributed by atoms with Crippen molar-refractivity contribution >= 4 is 0 Å². The molecule has 3 nitrogen and oxygen atoms in total. The Morgan fingerprint density at radius 3 is 2.00 bits per heavy atom. The Bertz CT molecular complexity index is 140. The standard InChI is InChI=1S/C8H15NO.C2H6O/c10-7-8-3-1-5-9(8)6-2-4-8;1-3-2/h10H,1-7H2;1-2H3. The highest BCUT2D eigenvalue weighted by atomic mass is 16.4. The maximum absolute atomic E-state index is 9.19. The lowest BCUT2D eigenvalue weighted by atomic mass is 9.96. The molecule has 0 radical (unpaired) electrons. The van der Waals surface area contributed by atoms with Crippen molar-refractivity contribution in [2.45, 2.75) is 31.2 Å². The van der Waals surface area contributed by atoms with Gasteiger partial charge < -0.3 is 9.84 Å². The zero-order valence-corrected chi connectivity index (χ0v) is 8.75. The molecule has 2 aliphatic rings. The Kier molecular flexibility index (Phi) is 4.16. The van der Waals surface area contributed by atoms with Gasteiger partial charge in [-0.25, -0.2) is 0 Å². The number of rotatable bonds is 1. The molecular formula is C10H21NO2. The first-order valence-electron chi connectivity index (χ1n) is 5.05. The molecule has 78 valence electrons. The zero-order valence-electron chi connectivity index (χ0n) is 8.75. The van der Waals surface area contributed by atoms with Crippen LogP contribution in [0.5, 0.6) is 0 Å². The van der Waals surface area contributed by atoms with Gasteiger partial charge in [0.25, 0.3) is 0 Å². The molecule has 3 heteroatoms. The molecule has 0 aromatic carbocycles. The first-order chi connectivity index (χ1) is 6.29. The maximum Gasteiger partial charge on any atom is 0.0615 e. The Labute approximate surface area is 80.7 Å². The van der Waals surface area contributed by atoms with Gasteiger partial charge >= 0.3 is 0 Å². The molecule has 0 aliphatic carbocycles. The Morgan fingerprint density at radius 2 is 1.69 bits per heavy atom. The van der Waals surface area contributed by atoms with E-state index in [1.165, 1.54) is 38.8 Å². The molecule has 0 saturated carbocycles. The number of nitrogens with zero attached hydrogens (tertiary/aromatic N) is 1. The molecular weight excluding hydrogens is 166 g/mol. The van der Waals surface area contributed by atoms with Gasteiger partial charge in [-0.05, 0) is 38.8 Å². The summed E-state index contributed by atoms with van der Waals surface area (Å²) in [6.07, 6.45) is 5.04. The maximum atomic E-state index is 9.19. The summed E-state index contributed by atoms with van der Waals surface area (Å²) < 4.78 is 4.25. The van der Waals surface area contributed by atoms with Crippen LogP contribution in [0.25, 0.3) is 0 Å². The van der Waals surface area contributed by atoms with E-state index in [1.807, 2.05) is 0 Å². The van der Waals surface area contributed by atoms with E-state index in [0.717, 1.165) is 0 Å². The molecule has 2 fully saturated rings. The average molecular weight is 187 g/mol. The Hall–Kier alpha value is -0.120. The lowest BCUT2D eigenvalue weighted by molar-refractivity contribution is 0.0999. The van der Waals surface area contributed by atoms with Gasteiger partial charge in [0.05, 0.1) is 6.61 Å². The van der Waals surface area contributed by atoms with Gasteiger partial charge in [0.15, 0.2) is 0 Å². The van der Waals surface area contributed by atoms with Gasteiger partial charge in [-0.3, -0.25) is 4.90 Å². The highest BCUT2D eigenvalue weighted by Gasteiger charge is 2.43. The minimum Gasteiger partial charge on any atom is -0.394 e. The topological polar surface area (TPSA) is 32.7 Å². The van der Waals surface area contributed by atoms with Crippen LogP contribution in [-0.2, 0) is 4.74 Å². The second kappa shape index (κ2) is 4.94. The number of ether oxygens (including phenoxy) is 1. The SMILES string of the molecule is COC.OCC12CCCN1CCC2. The molecule has 0 aromatic heterocycles. The molecule has 0 atom stereocenters. The van der Waals surface area contributed by atoms with Crippen LogP contribution in [0.15, 0.2) is 0 Å². The number of fused-ring (bicyclic) bond motifs is 1. The number of hydrogen-bond donors (Lipinski definition) is 1. The summed E-state index contributed by atoms with van der Waals surface area (Å²) in [5.74, 6) is 0. The fraction of sp³-hybridized carbons (Fsp3) is 1.00. The fourth-order valence-electron chi connectivity index (χ4n) is 2.48. The van der Waals surface area contributed by atoms with Gasteiger partial charge in [-0.2, -0.15) is 0 Å². The van der Waals surface area contributed by atoms with Crippen LogP contribution in [-0.4, -0.2) is 49.5 Å². The zero-order chi connectivity index (χ0) is 9.73. The van der Waals surface area contributed by atoms with Crippen molar-refractivity contribution in [2.75, 3.05) is 33.9 Å². The summed E-state index contributed by atoms with van der Waals surface area (Å²) >= 11 is 0. The molecule has 2 saturated heterocycles. The highest BCUT2D eigenvalue weighted by Crippen LogP contribution is 2.37. The molecule has 0 spiro atoms. The smallest absolute Gasteiger partial charge is 0.0615 e. The average Bonchev–Trinajstić information content (AvgIpc) is 2.62. The predicted octanol–water partition coefficient (Wildman–Crippen LogP) is 0.870. The molecule has 13 heavy (non-hydrogen) atoms. The van der Waals surface area contributed by atoms with Crippen LogP contribution in [0, 0.1) is 0 Å². The van der Waals surface area contributed by atoms with Gasteiger partial charge in [-0.15, -0.1) is 0 Å². The van der Waals surface area contributed by atoms with Gasteiger partial charge in [0.2, 0.25) is 0 Å².